The number of ketones is 1. The summed E-state index contributed by atoms with van der Waals surface area (Å²) in [6.45, 7) is 13.7. The first-order valence-electron chi connectivity index (χ1n) is 13.8. The lowest BCUT2D eigenvalue weighted by molar-refractivity contribution is -0.169. The molecule has 0 aromatic carbocycles. The van der Waals surface area contributed by atoms with Crippen molar-refractivity contribution in [3.63, 3.8) is 0 Å². The molecule has 0 aliphatic heterocycles. The van der Waals surface area contributed by atoms with Crippen LogP contribution < -0.4 is 0 Å². The van der Waals surface area contributed by atoms with Gasteiger partial charge in [0.1, 0.15) is 11.9 Å². The molecular formula is C29H48O3. The zero-order valence-electron chi connectivity index (χ0n) is 21.6. The van der Waals surface area contributed by atoms with Crippen LogP contribution in [0.15, 0.2) is 0 Å². The van der Waals surface area contributed by atoms with Crippen LogP contribution in [0.2, 0.25) is 0 Å². The largest absolute Gasteiger partial charge is 0.463 e. The normalized spacial score (nSPS) is 44.5. The van der Waals surface area contributed by atoms with Crippen molar-refractivity contribution >= 4 is 11.8 Å². The molecule has 0 N–H and O–H groups in total. The summed E-state index contributed by atoms with van der Waals surface area (Å²) in [5.74, 6) is 4.81. The van der Waals surface area contributed by atoms with Crippen LogP contribution >= 0.6 is 0 Å². The summed E-state index contributed by atoms with van der Waals surface area (Å²) in [6.07, 6.45) is 12.9. The van der Waals surface area contributed by atoms with Crippen LogP contribution in [0.25, 0.3) is 0 Å². The zero-order valence-corrected chi connectivity index (χ0v) is 21.6. The molecular weight excluding hydrogens is 396 g/mol. The van der Waals surface area contributed by atoms with Crippen molar-refractivity contribution in [3.8, 4) is 0 Å². The molecule has 4 aliphatic rings. The van der Waals surface area contributed by atoms with Gasteiger partial charge in [0.15, 0.2) is 0 Å². The highest BCUT2D eigenvalue weighted by molar-refractivity contribution is 5.83. The van der Waals surface area contributed by atoms with E-state index in [1.807, 2.05) is 0 Å². The van der Waals surface area contributed by atoms with E-state index < -0.39 is 0 Å². The van der Waals surface area contributed by atoms with Crippen LogP contribution in [-0.4, -0.2) is 17.9 Å². The van der Waals surface area contributed by atoms with Gasteiger partial charge in [-0.25, -0.2) is 0 Å². The Kier molecular flexibility index (Phi) is 6.87. The van der Waals surface area contributed by atoms with Gasteiger partial charge in [0, 0.05) is 19.3 Å². The van der Waals surface area contributed by atoms with E-state index >= 15 is 0 Å². The molecule has 0 bridgehead atoms. The molecule has 32 heavy (non-hydrogen) atoms. The summed E-state index contributed by atoms with van der Waals surface area (Å²) < 4.78 is 5.55. The fraction of sp³-hybridized carbons (Fsp3) is 0.931. The van der Waals surface area contributed by atoms with Crippen LogP contribution in [0.5, 0.6) is 0 Å². The van der Waals surface area contributed by atoms with Gasteiger partial charge in [-0.2, -0.15) is 0 Å². The number of Topliss-reactive ketones (excluding diaryl/α,β-unsaturated/α-hetero) is 1. The first-order valence-corrected chi connectivity index (χ1v) is 13.8. The third kappa shape index (κ3) is 4.20. The van der Waals surface area contributed by atoms with Crippen LogP contribution in [0.4, 0.5) is 0 Å². The van der Waals surface area contributed by atoms with E-state index in [4.69, 9.17) is 4.74 Å². The maximum absolute atomic E-state index is 13.5. The highest BCUT2D eigenvalue weighted by Crippen LogP contribution is 2.68. The minimum Gasteiger partial charge on any atom is -0.463 e. The maximum Gasteiger partial charge on any atom is 0.302 e. The summed E-state index contributed by atoms with van der Waals surface area (Å²) in [4.78, 5) is 25.0. The average Bonchev–Trinajstić information content (AvgIpc) is 3.06. The Bertz CT molecular complexity index is 713. The quantitative estimate of drug-likeness (QED) is 0.406. The Hall–Kier alpha value is -0.860. The second kappa shape index (κ2) is 9.06. The summed E-state index contributed by atoms with van der Waals surface area (Å²) in [5, 5.41) is 0. The Morgan fingerprint density at radius 1 is 1.00 bits per heavy atom. The molecule has 4 saturated carbocycles. The van der Waals surface area contributed by atoms with Gasteiger partial charge < -0.3 is 4.74 Å². The van der Waals surface area contributed by atoms with Crippen molar-refractivity contribution in [2.45, 2.75) is 118 Å². The molecule has 0 aromatic rings. The second-order valence-corrected chi connectivity index (χ2v) is 13.1. The first kappa shape index (κ1) is 24.3. The van der Waals surface area contributed by atoms with Gasteiger partial charge in [-0.1, -0.05) is 53.9 Å². The van der Waals surface area contributed by atoms with Crippen molar-refractivity contribution < 1.29 is 14.3 Å². The van der Waals surface area contributed by atoms with Crippen molar-refractivity contribution in [3.05, 3.63) is 0 Å². The number of hydrogen-bond acceptors (Lipinski definition) is 3. The topological polar surface area (TPSA) is 43.4 Å². The predicted molar refractivity (Wildman–Crippen MR) is 129 cm³/mol. The van der Waals surface area contributed by atoms with E-state index in [0.717, 1.165) is 49.4 Å². The maximum atomic E-state index is 13.5. The molecule has 9 atom stereocenters. The molecule has 4 aliphatic carbocycles. The third-order valence-electron chi connectivity index (χ3n) is 10.9. The van der Waals surface area contributed by atoms with E-state index in [0.29, 0.717) is 23.0 Å². The average molecular weight is 445 g/mol. The minimum absolute atomic E-state index is 0.0533. The van der Waals surface area contributed by atoms with Gasteiger partial charge in [0.05, 0.1) is 0 Å². The Labute approximate surface area is 196 Å². The lowest BCUT2D eigenvalue weighted by Crippen LogP contribution is -2.57. The first-order chi connectivity index (χ1) is 15.1. The second-order valence-electron chi connectivity index (χ2n) is 13.1. The van der Waals surface area contributed by atoms with Gasteiger partial charge in [0.25, 0.3) is 0 Å². The summed E-state index contributed by atoms with van der Waals surface area (Å²) >= 11 is 0. The Morgan fingerprint density at radius 2 is 1.69 bits per heavy atom. The molecule has 0 spiro atoms. The number of carbonyl (C=O) groups excluding carboxylic acids is 2. The highest BCUT2D eigenvalue weighted by Gasteiger charge is 2.62. The van der Waals surface area contributed by atoms with E-state index in [2.05, 4.69) is 34.6 Å². The Morgan fingerprint density at radius 3 is 2.38 bits per heavy atom. The van der Waals surface area contributed by atoms with Gasteiger partial charge in [-0.3, -0.25) is 9.59 Å². The summed E-state index contributed by atoms with van der Waals surface area (Å²) in [5.41, 5.74) is 0.537. The molecule has 3 heteroatoms. The van der Waals surface area contributed by atoms with Crippen LogP contribution in [-0.2, 0) is 14.3 Å². The smallest absolute Gasteiger partial charge is 0.302 e. The molecule has 0 saturated heterocycles. The number of fused-ring (bicyclic) bond motifs is 5. The summed E-state index contributed by atoms with van der Waals surface area (Å²) in [7, 11) is 0. The van der Waals surface area contributed by atoms with E-state index in [-0.39, 0.29) is 23.4 Å². The molecule has 4 fully saturated rings. The van der Waals surface area contributed by atoms with Gasteiger partial charge in [0.2, 0.25) is 0 Å². The van der Waals surface area contributed by atoms with E-state index in [1.54, 1.807) is 0 Å². The lowest BCUT2D eigenvalue weighted by Gasteiger charge is -2.60. The lowest BCUT2D eigenvalue weighted by atomic mass is 9.44. The van der Waals surface area contributed by atoms with Crippen LogP contribution in [0, 0.1) is 52.3 Å². The minimum atomic E-state index is -0.201. The SMILES string of the molecule is CC(=O)O[C@@H]1CC[C@@]2(C)[C@H](C1)C(=O)C[C@H]1[C@H]2CC[C@]2(C)[C@@H]1CC[C@H]2[C@H](C)CCCC(C)C. The standard InChI is InChI=1S/C29H48O3/c1-18(2)8-7-9-19(3)23-10-11-24-22-17-27(31)26-16-21(32-20(4)30)12-14-29(26,6)25(22)13-15-28(23,24)5/h18-19,21-26H,7-17H2,1-6H3/t19-,21-,22-,23+,24-,25-,26-,28+,29-/m1/s1. The molecule has 4 rings (SSSR count). The molecule has 0 amide bonds. The fourth-order valence-corrected chi connectivity index (χ4v) is 9.37. The number of hydrogen-bond donors (Lipinski definition) is 0. The van der Waals surface area contributed by atoms with Crippen molar-refractivity contribution in [1.29, 1.82) is 0 Å². The van der Waals surface area contributed by atoms with Gasteiger partial charge in [-0.05, 0) is 91.3 Å². The number of ether oxygens (including phenoxy) is 1. The molecule has 3 nitrogen and oxygen atoms in total. The van der Waals surface area contributed by atoms with Crippen LogP contribution in [0.3, 0.4) is 0 Å². The van der Waals surface area contributed by atoms with Crippen molar-refractivity contribution in [1.82, 2.24) is 0 Å². The summed E-state index contributed by atoms with van der Waals surface area (Å²) in [6, 6.07) is 0. The van der Waals surface area contributed by atoms with Crippen LogP contribution in [0.1, 0.15) is 112 Å². The monoisotopic (exact) mass is 444 g/mol. The molecule has 182 valence electrons. The number of rotatable bonds is 6. The number of carbonyl (C=O) groups is 2. The molecule has 0 radical (unpaired) electrons. The van der Waals surface area contributed by atoms with Crippen molar-refractivity contribution in [2.75, 3.05) is 0 Å². The predicted octanol–water partition coefficient (Wildman–Crippen LogP) is 7.22. The molecule has 0 heterocycles. The van der Waals surface area contributed by atoms with Crippen molar-refractivity contribution in [2.24, 2.45) is 52.3 Å². The molecule has 0 unspecified atom stereocenters. The van der Waals surface area contributed by atoms with Gasteiger partial charge >= 0.3 is 5.97 Å². The third-order valence-corrected chi connectivity index (χ3v) is 10.9. The fourth-order valence-electron chi connectivity index (χ4n) is 9.37. The Balaban J connectivity index is 1.48. The van der Waals surface area contributed by atoms with Gasteiger partial charge in [-0.15, -0.1) is 0 Å². The molecule has 0 aromatic heterocycles. The highest BCUT2D eigenvalue weighted by atomic mass is 16.5. The van der Waals surface area contributed by atoms with E-state index in [1.165, 1.54) is 51.9 Å². The number of esters is 1. The zero-order chi connectivity index (χ0) is 23.3. The van der Waals surface area contributed by atoms with E-state index in [9.17, 15) is 9.59 Å².